The van der Waals surface area contributed by atoms with Crippen molar-refractivity contribution in [1.82, 2.24) is 14.0 Å². The molecule has 0 aliphatic rings. The number of methoxy groups -OCH3 is 1. The summed E-state index contributed by atoms with van der Waals surface area (Å²) in [4.78, 5) is 18.5. The Bertz CT molecular complexity index is 1760. The van der Waals surface area contributed by atoms with Crippen LogP contribution in [0.5, 0.6) is 11.5 Å². The van der Waals surface area contributed by atoms with Crippen LogP contribution in [-0.4, -0.2) is 27.7 Å². The van der Waals surface area contributed by atoms with Crippen LogP contribution in [0.25, 0.3) is 33.0 Å². The molecule has 168 valence electrons. The SMILES string of the molecule is COc1ccccc1OCCn1cc(C=c2sc3nc4ccccc4n3c2=O)c2ccccc21. The number of thiazole rings is 1. The second kappa shape index (κ2) is 8.35. The lowest BCUT2D eigenvalue weighted by Gasteiger charge is -2.11. The summed E-state index contributed by atoms with van der Waals surface area (Å²) in [7, 11) is 1.64. The molecule has 0 spiro atoms. The molecular formula is C27H21N3O3S. The van der Waals surface area contributed by atoms with E-state index < -0.39 is 0 Å². The van der Waals surface area contributed by atoms with Gasteiger partial charge in [0.1, 0.15) is 6.61 Å². The summed E-state index contributed by atoms with van der Waals surface area (Å²) >= 11 is 1.42. The summed E-state index contributed by atoms with van der Waals surface area (Å²) < 4.78 is 15.9. The lowest BCUT2D eigenvalue weighted by molar-refractivity contribution is 0.281. The maximum Gasteiger partial charge on any atom is 0.274 e. The van der Waals surface area contributed by atoms with Crippen LogP contribution in [0.2, 0.25) is 0 Å². The summed E-state index contributed by atoms with van der Waals surface area (Å²) in [6.07, 6.45) is 4.05. The van der Waals surface area contributed by atoms with Crippen molar-refractivity contribution < 1.29 is 9.47 Å². The van der Waals surface area contributed by atoms with Gasteiger partial charge in [0.25, 0.3) is 5.56 Å². The zero-order chi connectivity index (χ0) is 23.1. The largest absolute Gasteiger partial charge is 0.493 e. The molecule has 0 bridgehead atoms. The first-order chi connectivity index (χ1) is 16.7. The van der Waals surface area contributed by atoms with Gasteiger partial charge in [-0.2, -0.15) is 0 Å². The van der Waals surface area contributed by atoms with E-state index in [1.807, 2.05) is 66.7 Å². The predicted octanol–water partition coefficient (Wildman–Crippen LogP) is 4.50. The van der Waals surface area contributed by atoms with Gasteiger partial charge in [0.05, 0.1) is 29.2 Å². The third-order valence-corrected chi connectivity index (χ3v) is 6.88. The van der Waals surface area contributed by atoms with Gasteiger partial charge in [0.15, 0.2) is 16.5 Å². The highest BCUT2D eigenvalue weighted by atomic mass is 32.1. The Morgan fingerprint density at radius 1 is 0.941 bits per heavy atom. The molecule has 0 aliphatic heterocycles. The summed E-state index contributed by atoms with van der Waals surface area (Å²) in [6, 6.07) is 23.6. The average Bonchev–Trinajstić information content (AvgIpc) is 3.51. The highest BCUT2D eigenvalue weighted by Crippen LogP contribution is 2.26. The molecule has 0 aliphatic carbocycles. The number of rotatable bonds is 6. The first-order valence-corrected chi connectivity index (χ1v) is 11.8. The van der Waals surface area contributed by atoms with Gasteiger partial charge in [0, 0.05) is 22.7 Å². The minimum atomic E-state index is -0.0370. The third-order valence-electron chi connectivity index (χ3n) is 5.91. The van der Waals surface area contributed by atoms with E-state index in [0.29, 0.717) is 28.4 Å². The number of nitrogens with zero attached hydrogens (tertiary/aromatic N) is 3. The van der Waals surface area contributed by atoms with Gasteiger partial charge in [-0.25, -0.2) is 9.38 Å². The fourth-order valence-electron chi connectivity index (χ4n) is 4.32. The lowest BCUT2D eigenvalue weighted by atomic mass is 10.2. The van der Waals surface area contributed by atoms with Crippen LogP contribution in [-0.2, 0) is 6.54 Å². The Morgan fingerprint density at radius 3 is 2.53 bits per heavy atom. The van der Waals surface area contributed by atoms with Gasteiger partial charge in [-0.05, 0) is 36.4 Å². The molecule has 0 unspecified atom stereocenters. The summed E-state index contributed by atoms with van der Waals surface area (Å²) in [5.41, 5.74) is 3.74. The van der Waals surface area contributed by atoms with Crippen molar-refractivity contribution in [2.75, 3.05) is 13.7 Å². The van der Waals surface area contributed by atoms with E-state index in [9.17, 15) is 4.79 Å². The first-order valence-electron chi connectivity index (χ1n) is 11.0. The van der Waals surface area contributed by atoms with E-state index in [-0.39, 0.29) is 5.56 Å². The maximum absolute atomic E-state index is 13.2. The number of benzene rings is 3. The third kappa shape index (κ3) is 3.41. The molecular weight excluding hydrogens is 446 g/mol. The van der Waals surface area contributed by atoms with Gasteiger partial charge < -0.3 is 14.0 Å². The van der Waals surface area contributed by atoms with Crippen LogP contribution >= 0.6 is 11.3 Å². The number of hydrogen-bond acceptors (Lipinski definition) is 5. The van der Waals surface area contributed by atoms with Crippen LogP contribution < -0.4 is 19.6 Å². The standard InChI is InChI=1S/C27H21N3O3S/c1-32-23-12-6-7-13-24(23)33-15-14-29-17-18(19-8-2-4-10-21(19)29)16-25-26(31)30-22-11-5-3-9-20(22)28-27(30)34-25/h2-13,16-17H,14-15H2,1H3. The normalized spacial score (nSPS) is 12.2. The second-order valence-electron chi connectivity index (χ2n) is 7.93. The maximum atomic E-state index is 13.2. The summed E-state index contributed by atoms with van der Waals surface area (Å²) in [5.74, 6) is 1.44. The molecule has 0 atom stereocenters. The minimum absolute atomic E-state index is 0.0370. The molecule has 34 heavy (non-hydrogen) atoms. The fraction of sp³-hybridized carbons (Fsp3) is 0.111. The van der Waals surface area contributed by atoms with Crippen molar-refractivity contribution in [2.24, 2.45) is 0 Å². The van der Waals surface area contributed by atoms with Crippen LogP contribution in [0.15, 0.2) is 83.8 Å². The van der Waals surface area contributed by atoms with Gasteiger partial charge in [-0.3, -0.25) is 4.79 Å². The first kappa shape index (κ1) is 20.5. The van der Waals surface area contributed by atoms with Crippen molar-refractivity contribution in [3.8, 4) is 11.5 Å². The number of para-hydroxylation sites is 5. The molecule has 0 saturated carbocycles. The monoisotopic (exact) mass is 467 g/mol. The molecule has 0 radical (unpaired) electrons. The lowest BCUT2D eigenvalue weighted by Crippen LogP contribution is -2.22. The quantitative estimate of drug-likeness (QED) is 0.362. The molecule has 0 N–H and O–H groups in total. The number of hydrogen-bond donors (Lipinski definition) is 0. The van der Waals surface area contributed by atoms with Gasteiger partial charge in [-0.15, -0.1) is 0 Å². The Hall–Kier alpha value is -4.10. The van der Waals surface area contributed by atoms with Crippen LogP contribution in [0.1, 0.15) is 5.56 Å². The zero-order valence-electron chi connectivity index (χ0n) is 18.5. The van der Waals surface area contributed by atoms with Crippen molar-refractivity contribution in [3.05, 3.63) is 99.4 Å². The topological polar surface area (TPSA) is 57.8 Å². The molecule has 0 fully saturated rings. The number of fused-ring (bicyclic) bond motifs is 4. The van der Waals surface area contributed by atoms with E-state index in [0.717, 1.165) is 33.2 Å². The number of ether oxygens (including phenoxy) is 2. The van der Waals surface area contributed by atoms with Crippen molar-refractivity contribution in [3.63, 3.8) is 0 Å². The van der Waals surface area contributed by atoms with Crippen LogP contribution in [0, 0.1) is 0 Å². The second-order valence-corrected chi connectivity index (χ2v) is 8.94. The Balaban J connectivity index is 1.37. The number of aromatic nitrogens is 3. The van der Waals surface area contributed by atoms with E-state index in [2.05, 4.69) is 27.9 Å². The molecule has 3 aromatic heterocycles. The molecule has 3 aromatic carbocycles. The van der Waals surface area contributed by atoms with E-state index in [1.54, 1.807) is 11.5 Å². The van der Waals surface area contributed by atoms with Gasteiger partial charge in [0.2, 0.25) is 0 Å². The fourth-order valence-corrected chi connectivity index (χ4v) is 5.30. The zero-order valence-corrected chi connectivity index (χ0v) is 19.3. The van der Waals surface area contributed by atoms with Gasteiger partial charge in [-0.1, -0.05) is 53.8 Å². The number of imidazole rings is 1. The van der Waals surface area contributed by atoms with Crippen LogP contribution in [0.4, 0.5) is 0 Å². The van der Waals surface area contributed by atoms with Gasteiger partial charge >= 0.3 is 0 Å². The molecule has 6 rings (SSSR count). The molecule has 3 heterocycles. The Morgan fingerprint density at radius 2 is 1.68 bits per heavy atom. The summed E-state index contributed by atoms with van der Waals surface area (Å²) in [5, 5.41) is 1.09. The molecule has 0 amide bonds. The van der Waals surface area contributed by atoms with E-state index in [1.165, 1.54) is 11.3 Å². The van der Waals surface area contributed by atoms with Crippen LogP contribution in [0.3, 0.4) is 0 Å². The highest BCUT2D eigenvalue weighted by molar-refractivity contribution is 7.15. The van der Waals surface area contributed by atoms with E-state index in [4.69, 9.17) is 9.47 Å². The predicted molar refractivity (Wildman–Crippen MR) is 136 cm³/mol. The Kier molecular flexibility index (Phi) is 5.04. The molecule has 0 saturated heterocycles. The smallest absolute Gasteiger partial charge is 0.274 e. The molecule has 6 aromatic rings. The average molecular weight is 468 g/mol. The van der Waals surface area contributed by atoms with E-state index >= 15 is 0 Å². The van der Waals surface area contributed by atoms with Crippen molar-refractivity contribution in [2.45, 2.75) is 6.54 Å². The van der Waals surface area contributed by atoms with Crippen molar-refractivity contribution >= 4 is 44.3 Å². The Labute approximate surface area is 198 Å². The molecule has 7 heteroatoms. The van der Waals surface area contributed by atoms with Crippen molar-refractivity contribution in [1.29, 1.82) is 0 Å². The minimum Gasteiger partial charge on any atom is -0.493 e. The molecule has 6 nitrogen and oxygen atoms in total. The highest BCUT2D eigenvalue weighted by Gasteiger charge is 2.12. The summed E-state index contributed by atoms with van der Waals surface area (Å²) in [6.45, 7) is 1.15.